The van der Waals surface area contributed by atoms with Crippen LogP contribution in [0.2, 0.25) is 0 Å². The monoisotopic (exact) mass is 276 g/mol. The zero-order chi connectivity index (χ0) is 14.8. The molecule has 0 N–H and O–H groups in total. The van der Waals surface area contributed by atoms with Crippen LogP contribution in [0, 0.1) is 13.8 Å². The molecule has 20 heavy (non-hydrogen) atoms. The number of rotatable bonds is 2. The van der Waals surface area contributed by atoms with Gasteiger partial charge in [0.1, 0.15) is 0 Å². The third-order valence-corrected chi connectivity index (χ3v) is 3.03. The fourth-order valence-corrected chi connectivity index (χ4v) is 1.96. The molecule has 0 heterocycles. The topological polar surface area (TPSA) is 0 Å². The van der Waals surface area contributed by atoms with E-state index < -0.39 is 6.18 Å². The Balaban J connectivity index is 2.53. The Morgan fingerprint density at radius 2 is 1.10 bits per heavy atom. The largest absolute Gasteiger partial charge is 0.410 e. The Bertz CT molecular complexity index is 555. The minimum atomic E-state index is -4.34. The van der Waals surface area contributed by atoms with Crippen LogP contribution in [-0.2, 0) is 0 Å². The molecule has 2 aromatic carbocycles. The van der Waals surface area contributed by atoms with Crippen molar-refractivity contribution in [2.24, 2.45) is 0 Å². The molecule has 0 aliphatic heterocycles. The average molecular weight is 276 g/mol. The molecular weight excluding hydrogens is 261 g/mol. The lowest BCUT2D eigenvalue weighted by atomic mass is 9.96. The number of hydrogen-bond acceptors (Lipinski definition) is 0. The molecule has 0 radical (unpaired) electrons. The van der Waals surface area contributed by atoms with Gasteiger partial charge in [-0.05, 0) is 30.5 Å². The molecule has 2 aromatic rings. The van der Waals surface area contributed by atoms with Gasteiger partial charge < -0.3 is 0 Å². The SMILES string of the molecule is Cc1ccc(C(=CC(F)(F)F)c2ccc(C)cc2)cc1. The Hall–Kier alpha value is -2.03. The third-order valence-electron chi connectivity index (χ3n) is 3.03. The van der Waals surface area contributed by atoms with Gasteiger partial charge in [-0.3, -0.25) is 0 Å². The van der Waals surface area contributed by atoms with Gasteiger partial charge in [-0.1, -0.05) is 59.7 Å². The standard InChI is InChI=1S/C17H15F3/c1-12-3-7-14(8-4-12)16(11-17(18,19)20)15-9-5-13(2)6-10-15/h3-11H,1-2H3. The van der Waals surface area contributed by atoms with E-state index in [2.05, 4.69) is 0 Å². The fraction of sp³-hybridized carbons (Fsp3) is 0.176. The molecule has 0 bridgehead atoms. The van der Waals surface area contributed by atoms with Gasteiger partial charge in [0.2, 0.25) is 0 Å². The van der Waals surface area contributed by atoms with Gasteiger partial charge >= 0.3 is 6.18 Å². The first-order valence-corrected chi connectivity index (χ1v) is 6.29. The molecule has 104 valence electrons. The maximum Gasteiger partial charge on any atom is 0.410 e. The first-order chi connectivity index (χ1) is 9.35. The zero-order valence-electron chi connectivity index (χ0n) is 11.3. The normalized spacial score (nSPS) is 11.2. The summed E-state index contributed by atoms with van der Waals surface area (Å²) >= 11 is 0. The second kappa shape index (κ2) is 5.53. The van der Waals surface area contributed by atoms with E-state index in [1.54, 1.807) is 24.3 Å². The summed E-state index contributed by atoms with van der Waals surface area (Å²) in [7, 11) is 0. The van der Waals surface area contributed by atoms with E-state index in [0.717, 1.165) is 11.1 Å². The van der Waals surface area contributed by atoms with Crippen LogP contribution in [0.4, 0.5) is 13.2 Å². The Morgan fingerprint density at radius 1 is 0.750 bits per heavy atom. The van der Waals surface area contributed by atoms with Gasteiger partial charge in [0, 0.05) is 6.08 Å². The highest BCUT2D eigenvalue weighted by molar-refractivity contribution is 5.80. The first kappa shape index (κ1) is 14.4. The summed E-state index contributed by atoms with van der Waals surface area (Å²) in [5.41, 5.74) is 3.36. The van der Waals surface area contributed by atoms with Crippen molar-refractivity contribution >= 4 is 5.57 Å². The van der Waals surface area contributed by atoms with E-state index in [1.165, 1.54) is 0 Å². The molecule has 0 nitrogen and oxygen atoms in total. The summed E-state index contributed by atoms with van der Waals surface area (Å²) in [6, 6.07) is 14.1. The minimum Gasteiger partial charge on any atom is -0.167 e. The summed E-state index contributed by atoms with van der Waals surface area (Å²) in [5, 5.41) is 0. The second-order valence-corrected chi connectivity index (χ2v) is 4.83. The van der Waals surface area contributed by atoms with Crippen molar-refractivity contribution < 1.29 is 13.2 Å². The van der Waals surface area contributed by atoms with Crippen LogP contribution in [0.25, 0.3) is 5.57 Å². The Labute approximate surface area is 116 Å². The number of aryl methyl sites for hydroxylation is 2. The van der Waals surface area contributed by atoms with Crippen molar-refractivity contribution in [3.63, 3.8) is 0 Å². The molecule has 3 heteroatoms. The lowest BCUT2D eigenvalue weighted by molar-refractivity contribution is -0.0793. The molecule has 0 saturated heterocycles. The van der Waals surface area contributed by atoms with Crippen LogP contribution in [0.5, 0.6) is 0 Å². The van der Waals surface area contributed by atoms with Gasteiger partial charge in [-0.15, -0.1) is 0 Å². The van der Waals surface area contributed by atoms with Gasteiger partial charge in [0.05, 0.1) is 0 Å². The van der Waals surface area contributed by atoms with Crippen LogP contribution in [0.3, 0.4) is 0 Å². The van der Waals surface area contributed by atoms with Crippen LogP contribution in [0.15, 0.2) is 54.6 Å². The smallest absolute Gasteiger partial charge is 0.167 e. The maximum atomic E-state index is 12.8. The lowest BCUT2D eigenvalue weighted by Gasteiger charge is -2.11. The summed E-state index contributed by atoms with van der Waals surface area (Å²) < 4.78 is 38.3. The zero-order valence-corrected chi connectivity index (χ0v) is 11.3. The molecular formula is C17H15F3. The third kappa shape index (κ3) is 3.73. The highest BCUT2D eigenvalue weighted by Crippen LogP contribution is 2.29. The fourth-order valence-electron chi connectivity index (χ4n) is 1.96. The number of allylic oxidation sites excluding steroid dienone is 1. The van der Waals surface area contributed by atoms with E-state index in [-0.39, 0.29) is 5.57 Å². The van der Waals surface area contributed by atoms with Crippen LogP contribution >= 0.6 is 0 Å². The van der Waals surface area contributed by atoms with Crippen molar-refractivity contribution in [2.45, 2.75) is 20.0 Å². The number of benzene rings is 2. The summed E-state index contributed by atoms with van der Waals surface area (Å²) in [4.78, 5) is 0. The summed E-state index contributed by atoms with van der Waals surface area (Å²) in [6.45, 7) is 3.81. The van der Waals surface area contributed by atoms with Crippen LogP contribution in [0.1, 0.15) is 22.3 Å². The minimum absolute atomic E-state index is 0.192. The number of hydrogen-bond donors (Lipinski definition) is 0. The quantitative estimate of drug-likeness (QED) is 0.698. The Kier molecular flexibility index (Phi) is 3.98. The van der Waals surface area contributed by atoms with Gasteiger partial charge in [0.15, 0.2) is 0 Å². The van der Waals surface area contributed by atoms with Crippen molar-refractivity contribution in [1.82, 2.24) is 0 Å². The number of alkyl halides is 3. The highest BCUT2D eigenvalue weighted by atomic mass is 19.4. The highest BCUT2D eigenvalue weighted by Gasteiger charge is 2.25. The Morgan fingerprint density at radius 3 is 1.40 bits per heavy atom. The van der Waals surface area contributed by atoms with E-state index in [0.29, 0.717) is 17.2 Å². The van der Waals surface area contributed by atoms with E-state index >= 15 is 0 Å². The van der Waals surface area contributed by atoms with Crippen LogP contribution in [-0.4, -0.2) is 6.18 Å². The van der Waals surface area contributed by atoms with Crippen molar-refractivity contribution in [1.29, 1.82) is 0 Å². The predicted molar refractivity (Wildman–Crippen MR) is 75.5 cm³/mol. The molecule has 0 aromatic heterocycles. The van der Waals surface area contributed by atoms with Gasteiger partial charge in [-0.2, -0.15) is 13.2 Å². The molecule has 2 rings (SSSR count). The average Bonchev–Trinajstić information content (AvgIpc) is 2.37. The molecule has 0 saturated carbocycles. The predicted octanol–water partition coefficient (Wildman–Crippen LogP) is 5.30. The van der Waals surface area contributed by atoms with Crippen molar-refractivity contribution in [2.75, 3.05) is 0 Å². The summed E-state index contributed by atoms with van der Waals surface area (Å²) in [5.74, 6) is 0. The molecule has 0 fully saturated rings. The second-order valence-electron chi connectivity index (χ2n) is 4.83. The van der Waals surface area contributed by atoms with Crippen molar-refractivity contribution in [3.8, 4) is 0 Å². The van der Waals surface area contributed by atoms with E-state index in [9.17, 15) is 13.2 Å². The lowest BCUT2D eigenvalue weighted by Crippen LogP contribution is -2.04. The van der Waals surface area contributed by atoms with Gasteiger partial charge in [-0.25, -0.2) is 0 Å². The van der Waals surface area contributed by atoms with Gasteiger partial charge in [0.25, 0.3) is 0 Å². The molecule has 0 spiro atoms. The van der Waals surface area contributed by atoms with Crippen molar-refractivity contribution in [3.05, 3.63) is 76.9 Å². The molecule has 0 amide bonds. The van der Waals surface area contributed by atoms with E-state index in [1.807, 2.05) is 38.1 Å². The van der Waals surface area contributed by atoms with E-state index in [4.69, 9.17) is 0 Å². The number of halogens is 3. The molecule has 0 unspecified atom stereocenters. The van der Waals surface area contributed by atoms with Crippen LogP contribution < -0.4 is 0 Å². The maximum absolute atomic E-state index is 12.8. The molecule has 0 aliphatic rings. The first-order valence-electron chi connectivity index (χ1n) is 6.29. The summed E-state index contributed by atoms with van der Waals surface area (Å²) in [6.07, 6.45) is -3.98. The molecule has 0 aliphatic carbocycles. The molecule has 0 atom stereocenters.